The summed E-state index contributed by atoms with van der Waals surface area (Å²) in [4.78, 5) is 0. The van der Waals surface area contributed by atoms with Gasteiger partial charge in [0.15, 0.2) is 0 Å². The number of ether oxygens (including phenoxy) is 1. The molecule has 0 radical (unpaired) electrons. The van der Waals surface area contributed by atoms with E-state index in [9.17, 15) is 0 Å². The van der Waals surface area contributed by atoms with Crippen molar-refractivity contribution in [3.63, 3.8) is 0 Å². The van der Waals surface area contributed by atoms with Crippen LogP contribution < -0.4 is 0 Å². The fourth-order valence-corrected chi connectivity index (χ4v) is 0.0913. The third kappa shape index (κ3) is 18.1. The Morgan fingerprint density at radius 3 is 2.14 bits per heavy atom. The number of halogens is 1. The minimum atomic E-state index is 0.122. The van der Waals surface area contributed by atoms with E-state index in [1.807, 2.05) is 0 Å². The zero-order valence-corrected chi connectivity index (χ0v) is 8.53. The number of aliphatic hydroxyl groups excluding tert-OH is 1. The first-order valence-electron chi connectivity index (χ1n) is 1.89. The first-order chi connectivity index (χ1) is 3.41. The fourth-order valence-electron chi connectivity index (χ4n) is 0.0913. The van der Waals surface area contributed by atoms with Crippen molar-refractivity contribution in [2.45, 2.75) is 0 Å². The molecule has 2 nitrogen and oxygen atoms in total. The molecule has 0 aliphatic carbocycles. The van der Waals surface area contributed by atoms with Crippen LogP contribution in [-0.2, 0) is 4.74 Å². The van der Waals surface area contributed by atoms with E-state index in [2.05, 4.69) is 4.74 Å². The number of methoxy groups -OCH3 is 1. The van der Waals surface area contributed by atoms with E-state index in [4.69, 9.17) is 8.87 Å². The fraction of sp³-hybridized carbons (Fsp3) is 1.00. The normalized spacial score (nSPS) is 7.00. The van der Waals surface area contributed by atoms with E-state index in [0.29, 0.717) is 53.7 Å². The zero-order valence-electron chi connectivity index (χ0n) is 4.65. The first-order valence-corrected chi connectivity index (χ1v) is 6.19. The van der Waals surface area contributed by atoms with Gasteiger partial charge in [0.25, 0.3) is 0 Å². The second kappa shape index (κ2) is 15.7. The molecule has 0 rings (SSSR count). The van der Waals surface area contributed by atoms with Gasteiger partial charge in [-0.05, 0) is 0 Å². The van der Waals surface area contributed by atoms with Gasteiger partial charge >= 0.3 is 50.9 Å². The molecule has 0 heterocycles. The van der Waals surface area contributed by atoms with Gasteiger partial charge in [0.05, 0.1) is 13.2 Å². The number of hydrogen-bond acceptors (Lipinski definition) is 2. The Morgan fingerprint density at radius 2 is 2.14 bits per heavy atom. The van der Waals surface area contributed by atoms with Crippen LogP contribution in [0.25, 0.3) is 0 Å². The van der Waals surface area contributed by atoms with Crippen LogP contribution in [0.1, 0.15) is 0 Å². The van der Waals surface area contributed by atoms with Gasteiger partial charge in [0.1, 0.15) is 0 Å². The summed E-state index contributed by atoms with van der Waals surface area (Å²) in [5, 5.41) is 7.94. The molecule has 0 aliphatic heterocycles. The molecule has 0 aromatic carbocycles. The molecule has 0 fully saturated rings. The van der Waals surface area contributed by atoms with Crippen molar-refractivity contribution >= 4 is 50.9 Å². The standard InChI is InChI=1S/C3H8O2.ClH.K/c1-5-3-2-4;;/h4H,2-3H2,1H3;1H;/q;;+1/p-1. The molecule has 1 N–H and O–H groups in total. The predicted molar refractivity (Wildman–Crippen MR) is 30.6 cm³/mol. The molecule has 0 aromatic rings. The van der Waals surface area contributed by atoms with Crippen LogP contribution >= 0.6 is 3.76 Å². The Kier molecular flexibility index (Phi) is 26.0. The molecular formula is C3H8ClKO2. The van der Waals surface area contributed by atoms with Gasteiger partial charge in [-0.2, -0.15) is 0 Å². The topological polar surface area (TPSA) is 29.5 Å². The van der Waals surface area contributed by atoms with Crippen LogP contribution in [0.3, 0.4) is 0 Å². The Morgan fingerprint density at radius 1 is 1.71 bits per heavy atom. The minimum absolute atomic E-state index is 0.122. The third-order valence-electron chi connectivity index (χ3n) is 0.295. The maximum absolute atomic E-state index is 7.94. The molecule has 0 bridgehead atoms. The summed E-state index contributed by atoms with van der Waals surface area (Å²) in [5.41, 5.74) is 0. The molecular weight excluding hydrogens is 143 g/mol. The van der Waals surface area contributed by atoms with Crippen LogP contribution in [0.15, 0.2) is 0 Å². The number of rotatable bonds is 2. The van der Waals surface area contributed by atoms with Gasteiger partial charge in [0, 0.05) is 7.11 Å². The number of aliphatic hydroxyl groups is 1. The molecule has 4 heteroatoms. The molecule has 7 heavy (non-hydrogen) atoms. The second-order valence-electron chi connectivity index (χ2n) is 0.716. The van der Waals surface area contributed by atoms with Gasteiger partial charge in [-0.1, -0.05) is 0 Å². The Labute approximate surface area is 79.6 Å². The van der Waals surface area contributed by atoms with Gasteiger partial charge in [-0.15, -0.1) is 0 Å². The summed E-state index contributed by atoms with van der Waals surface area (Å²) in [7, 11) is 1.55. The van der Waals surface area contributed by atoms with Crippen LogP contribution in [0.5, 0.6) is 0 Å². The van der Waals surface area contributed by atoms with Gasteiger partial charge in [0.2, 0.25) is 0 Å². The molecule has 0 unspecified atom stereocenters. The van der Waals surface area contributed by atoms with Crippen molar-refractivity contribution in [2.24, 2.45) is 0 Å². The first kappa shape index (κ1) is 11.6. The van der Waals surface area contributed by atoms with Crippen molar-refractivity contribution < 1.29 is 9.84 Å². The summed E-state index contributed by atoms with van der Waals surface area (Å²) in [6, 6.07) is 0. The van der Waals surface area contributed by atoms with Crippen LogP contribution in [-0.4, -0.2) is 72.6 Å². The Bertz CT molecular complexity index is 20.4. The quantitative estimate of drug-likeness (QED) is 0.559. The second-order valence-corrected chi connectivity index (χ2v) is 0.716. The predicted octanol–water partition coefficient (Wildman–Crippen LogP) is -0.0662. The molecule has 0 spiro atoms. The summed E-state index contributed by atoms with van der Waals surface area (Å²) in [5.74, 6) is 0. The molecule has 0 saturated heterocycles. The van der Waals surface area contributed by atoms with Crippen LogP contribution in [0.2, 0.25) is 0 Å². The van der Waals surface area contributed by atoms with Crippen molar-refractivity contribution in [3.05, 3.63) is 0 Å². The van der Waals surface area contributed by atoms with E-state index < -0.39 is 0 Å². The average Bonchev–Trinajstić information content (AvgIpc) is 1.75. The Hall–Kier alpha value is 1.85. The van der Waals surface area contributed by atoms with Gasteiger partial charge < -0.3 is 9.84 Å². The van der Waals surface area contributed by atoms with Crippen LogP contribution in [0.4, 0.5) is 0 Å². The van der Waals surface area contributed by atoms with E-state index in [1.54, 1.807) is 7.11 Å². The maximum atomic E-state index is 7.94. The number of hydrogen-bond donors (Lipinski definition) is 1. The summed E-state index contributed by atoms with van der Waals surface area (Å²) in [6.07, 6.45) is 0. The molecule has 0 amide bonds. The van der Waals surface area contributed by atoms with E-state index >= 15 is 0 Å². The molecule has 40 valence electrons. The SMILES string of the molecule is COCCO.[Cl][K]. The van der Waals surface area contributed by atoms with Crippen molar-refractivity contribution in [1.82, 2.24) is 0 Å². The molecule has 0 saturated carbocycles. The summed E-state index contributed by atoms with van der Waals surface area (Å²) in [6.45, 7) is 0.566. The van der Waals surface area contributed by atoms with Crippen LogP contribution in [0, 0.1) is 0 Å². The van der Waals surface area contributed by atoms with E-state index in [-0.39, 0.29) is 6.61 Å². The average molecular weight is 151 g/mol. The van der Waals surface area contributed by atoms with Crippen molar-refractivity contribution in [3.8, 4) is 0 Å². The summed E-state index contributed by atoms with van der Waals surface area (Å²) >= 11 is 0.535. The molecule has 0 atom stereocenters. The summed E-state index contributed by atoms with van der Waals surface area (Å²) < 4.78 is 9.27. The Balaban J connectivity index is 0. The zero-order chi connectivity index (χ0) is 6.12. The monoisotopic (exact) mass is 150 g/mol. The van der Waals surface area contributed by atoms with Gasteiger partial charge in [-0.25, -0.2) is 0 Å². The van der Waals surface area contributed by atoms with E-state index in [0.717, 1.165) is 0 Å². The van der Waals surface area contributed by atoms with Gasteiger partial charge in [-0.3, -0.25) is 0 Å². The molecule has 0 aromatic heterocycles. The van der Waals surface area contributed by atoms with Crippen molar-refractivity contribution in [1.29, 1.82) is 0 Å². The van der Waals surface area contributed by atoms with Crippen molar-refractivity contribution in [2.75, 3.05) is 20.3 Å². The molecule has 0 aliphatic rings. The third-order valence-corrected chi connectivity index (χ3v) is 0.295. The van der Waals surface area contributed by atoms with E-state index in [1.165, 1.54) is 0 Å².